The van der Waals surface area contributed by atoms with Crippen LogP contribution in [0.5, 0.6) is 0 Å². The maximum Gasteiger partial charge on any atom is 0.240 e. The number of aryl methyl sites for hydroxylation is 3. The molecule has 0 unspecified atom stereocenters. The van der Waals surface area contributed by atoms with Gasteiger partial charge >= 0.3 is 0 Å². The van der Waals surface area contributed by atoms with E-state index in [1.165, 1.54) is 17.3 Å². The molecule has 0 aliphatic carbocycles. The molecule has 0 bridgehead atoms. The van der Waals surface area contributed by atoms with Crippen LogP contribution in [0.1, 0.15) is 35.5 Å². The van der Waals surface area contributed by atoms with Gasteiger partial charge in [-0.25, -0.2) is 4.68 Å². The third-order valence-corrected chi connectivity index (χ3v) is 6.09. The van der Waals surface area contributed by atoms with Crippen molar-refractivity contribution in [3.05, 3.63) is 71.0 Å². The van der Waals surface area contributed by atoms with E-state index >= 15 is 0 Å². The normalized spacial score (nSPS) is 18.2. The molecule has 6 nitrogen and oxygen atoms in total. The molecule has 0 fully saturated rings. The molecular weight excluding hydrogens is 370 g/mol. The summed E-state index contributed by atoms with van der Waals surface area (Å²) in [5.41, 5.74) is 7.58. The first-order valence-electron chi connectivity index (χ1n) is 9.37. The predicted molar refractivity (Wildman–Crippen MR) is 112 cm³/mol. The van der Waals surface area contributed by atoms with E-state index in [1.807, 2.05) is 67.9 Å². The molecule has 2 aromatic carbocycles. The number of carbonyl (C=O) groups is 1. The first-order chi connectivity index (χ1) is 13.6. The highest BCUT2D eigenvalue weighted by molar-refractivity contribution is 8.00. The molecule has 0 spiro atoms. The number of hydrogen-bond donors (Lipinski definition) is 2. The number of aromatic nitrogens is 3. The topological polar surface area (TPSA) is 71.8 Å². The average Bonchev–Trinajstić information content (AvgIpc) is 3.12. The second kappa shape index (κ2) is 7.67. The number of nitrogens with one attached hydrogen (secondary N) is 2. The standard InChI is InChI=1S/C21H23N5OS/c1-4-17-23-24-21-26(17)25-18(15-8-6-5-7-9-15)19(28-21)20(27)22-16-11-10-13(2)12-14(16)3/h5-12,18-19,25H,4H2,1-3H3,(H,22,27)/t18-,19+/m1/s1. The number of amides is 1. The Hall–Kier alpha value is -2.80. The fourth-order valence-corrected chi connectivity index (χ4v) is 4.49. The van der Waals surface area contributed by atoms with Gasteiger partial charge in [0.15, 0.2) is 5.82 Å². The van der Waals surface area contributed by atoms with Gasteiger partial charge in [0, 0.05) is 12.1 Å². The third kappa shape index (κ3) is 3.49. The molecule has 1 aliphatic rings. The molecule has 1 amide bonds. The zero-order valence-electron chi connectivity index (χ0n) is 16.1. The van der Waals surface area contributed by atoms with Crippen LogP contribution >= 0.6 is 11.8 Å². The van der Waals surface area contributed by atoms with Crippen LogP contribution in [0.15, 0.2) is 53.7 Å². The fraction of sp³-hybridized carbons (Fsp3) is 0.286. The van der Waals surface area contributed by atoms with E-state index < -0.39 is 0 Å². The van der Waals surface area contributed by atoms with Crippen LogP contribution in [0.25, 0.3) is 0 Å². The molecule has 7 heteroatoms. The zero-order valence-corrected chi connectivity index (χ0v) is 17.0. The number of carbonyl (C=O) groups excluding carboxylic acids is 1. The summed E-state index contributed by atoms with van der Waals surface area (Å²) in [6, 6.07) is 15.9. The van der Waals surface area contributed by atoms with Gasteiger partial charge < -0.3 is 10.7 Å². The van der Waals surface area contributed by atoms with Crippen LogP contribution in [0, 0.1) is 13.8 Å². The molecule has 2 heterocycles. The number of anilines is 1. The number of benzene rings is 2. The molecule has 0 saturated heterocycles. The van der Waals surface area contributed by atoms with Crippen molar-refractivity contribution in [1.29, 1.82) is 0 Å². The Bertz CT molecular complexity index is 1000. The number of fused-ring (bicyclic) bond motifs is 1. The predicted octanol–water partition coefficient (Wildman–Crippen LogP) is 3.86. The van der Waals surface area contributed by atoms with E-state index in [0.29, 0.717) is 5.16 Å². The third-order valence-electron chi connectivity index (χ3n) is 4.88. The lowest BCUT2D eigenvalue weighted by Gasteiger charge is -2.33. The summed E-state index contributed by atoms with van der Waals surface area (Å²) in [6.07, 6.45) is 0.765. The maximum atomic E-state index is 13.2. The van der Waals surface area contributed by atoms with Crippen molar-refractivity contribution < 1.29 is 4.79 Å². The van der Waals surface area contributed by atoms with Crippen LogP contribution in [0.2, 0.25) is 0 Å². The van der Waals surface area contributed by atoms with Crippen molar-refractivity contribution in [2.24, 2.45) is 0 Å². The number of nitrogens with zero attached hydrogens (tertiary/aromatic N) is 3. The quantitative estimate of drug-likeness (QED) is 0.704. The summed E-state index contributed by atoms with van der Waals surface area (Å²) in [5.74, 6) is 0.808. The van der Waals surface area contributed by atoms with Crippen molar-refractivity contribution in [1.82, 2.24) is 14.9 Å². The SMILES string of the molecule is CCc1nnc2n1N[C@H](c1ccccc1)[C@@H](C(=O)Nc1ccc(C)cc1C)S2. The van der Waals surface area contributed by atoms with Gasteiger partial charge in [-0.2, -0.15) is 0 Å². The molecule has 4 rings (SSSR count). The summed E-state index contributed by atoms with van der Waals surface area (Å²) in [7, 11) is 0. The van der Waals surface area contributed by atoms with Crippen molar-refractivity contribution in [3.8, 4) is 0 Å². The fourth-order valence-electron chi connectivity index (χ4n) is 3.40. The molecule has 0 saturated carbocycles. The molecule has 28 heavy (non-hydrogen) atoms. The van der Waals surface area contributed by atoms with E-state index in [4.69, 9.17) is 0 Å². The Morgan fingerprint density at radius 1 is 1.18 bits per heavy atom. The van der Waals surface area contributed by atoms with Crippen molar-refractivity contribution in [3.63, 3.8) is 0 Å². The summed E-state index contributed by atoms with van der Waals surface area (Å²) >= 11 is 1.45. The molecule has 2 N–H and O–H groups in total. The monoisotopic (exact) mass is 393 g/mol. The smallest absolute Gasteiger partial charge is 0.240 e. The second-order valence-electron chi connectivity index (χ2n) is 6.95. The van der Waals surface area contributed by atoms with Crippen LogP contribution < -0.4 is 10.7 Å². The number of hydrogen-bond acceptors (Lipinski definition) is 5. The van der Waals surface area contributed by atoms with Crippen LogP contribution in [0.3, 0.4) is 0 Å². The Kier molecular flexibility index (Phi) is 5.09. The molecule has 2 atom stereocenters. The summed E-state index contributed by atoms with van der Waals surface area (Å²) in [4.78, 5) is 13.2. The maximum absolute atomic E-state index is 13.2. The van der Waals surface area contributed by atoms with Gasteiger partial charge in [0.1, 0.15) is 5.25 Å². The highest BCUT2D eigenvalue weighted by Crippen LogP contribution is 2.37. The second-order valence-corrected chi connectivity index (χ2v) is 8.06. The van der Waals surface area contributed by atoms with E-state index in [0.717, 1.165) is 29.1 Å². The van der Waals surface area contributed by atoms with Gasteiger partial charge in [-0.15, -0.1) is 10.2 Å². The van der Waals surface area contributed by atoms with Gasteiger partial charge in [-0.1, -0.05) is 66.7 Å². The highest BCUT2D eigenvalue weighted by Gasteiger charge is 2.37. The minimum Gasteiger partial charge on any atom is -0.325 e. The van der Waals surface area contributed by atoms with E-state index in [1.54, 1.807) is 0 Å². The first kappa shape index (κ1) is 18.6. The van der Waals surface area contributed by atoms with Crippen molar-refractivity contribution in [2.75, 3.05) is 10.7 Å². The lowest BCUT2D eigenvalue weighted by molar-refractivity contribution is -0.116. The Morgan fingerprint density at radius 2 is 1.96 bits per heavy atom. The number of thioether (sulfide) groups is 1. The van der Waals surface area contributed by atoms with Gasteiger partial charge in [0.25, 0.3) is 0 Å². The summed E-state index contributed by atoms with van der Waals surface area (Å²) in [6.45, 7) is 6.09. The van der Waals surface area contributed by atoms with Crippen molar-refractivity contribution in [2.45, 2.75) is 43.6 Å². The van der Waals surface area contributed by atoms with Gasteiger partial charge in [-0.05, 0) is 31.0 Å². The summed E-state index contributed by atoms with van der Waals surface area (Å²) < 4.78 is 1.91. The van der Waals surface area contributed by atoms with Gasteiger partial charge in [0.2, 0.25) is 11.1 Å². The van der Waals surface area contributed by atoms with Crippen LogP contribution in [-0.2, 0) is 11.2 Å². The van der Waals surface area contributed by atoms with E-state index in [2.05, 4.69) is 27.0 Å². The largest absolute Gasteiger partial charge is 0.325 e. The molecular formula is C21H23N5OS. The molecule has 0 radical (unpaired) electrons. The first-order valence-corrected chi connectivity index (χ1v) is 10.3. The molecule has 1 aliphatic heterocycles. The van der Waals surface area contributed by atoms with Gasteiger partial charge in [-0.3, -0.25) is 4.79 Å². The average molecular weight is 394 g/mol. The van der Waals surface area contributed by atoms with E-state index in [-0.39, 0.29) is 17.2 Å². The minimum atomic E-state index is -0.371. The zero-order chi connectivity index (χ0) is 19.7. The summed E-state index contributed by atoms with van der Waals surface area (Å²) in [5, 5.41) is 11.9. The number of rotatable bonds is 4. The lowest BCUT2D eigenvalue weighted by atomic mass is 10.0. The Morgan fingerprint density at radius 3 is 2.68 bits per heavy atom. The van der Waals surface area contributed by atoms with Crippen molar-refractivity contribution >= 4 is 23.4 Å². The molecule has 3 aromatic rings. The Labute approximate surface area is 168 Å². The van der Waals surface area contributed by atoms with Crippen LogP contribution in [0.4, 0.5) is 5.69 Å². The van der Waals surface area contributed by atoms with Gasteiger partial charge in [0.05, 0.1) is 6.04 Å². The molecule has 144 valence electrons. The Balaban J connectivity index is 1.67. The van der Waals surface area contributed by atoms with Crippen LogP contribution in [-0.4, -0.2) is 26.0 Å². The van der Waals surface area contributed by atoms with E-state index in [9.17, 15) is 4.79 Å². The lowest BCUT2D eigenvalue weighted by Crippen LogP contribution is -2.41. The minimum absolute atomic E-state index is 0.0504. The highest BCUT2D eigenvalue weighted by atomic mass is 32.2. The molecule has 1 aromatic heterocycles.